The van der Waals surface area contributed by atoms with Crippen LogP contribution in [0.1, 0.15) is 32.1 Å². The van der Waals surface area contributed by atoms with Crippen molar-refractivity contribution >= 4 is 5.91 Å². The molecule has 0 aliphatic heterocycles. The average Bonchev–Trinajstić information content (AvgIpc) is 2.35. The Morgan fingerprint density at radius 2 is 2.00 bits per heavy atom. The molecule has 1 aliphatic rings. The van der Waals surface area contributed by atoms with Crippen molar-refractivity contribution in [1.82, 2.24) is 4.90 Å². The van der Waals surface area contributed by atoms with E-state index in [0.717, 1.165) is 25.7 Å². The van der Waals surface area contributed by atoms with Crippen molar-refractivity contribution < 1.29 is 9.53 Å². The first-order chi connectivity index (χ1) is 7.66. The Balaban J connectivity index is 2.60. The quantitative estimate of drug-likeness (QED) is 0.764. The lowest BCUT2D eigenvalue weighted by atomic mass is 9.73. The Morgan fingerprint density at radius 3 is 2.50 bits per heavy atom. The van der Waals surface area contributed by atoms with Gasteiger partial charge in [0, 0.05) is 27.2 Å². The molecule has 94 valence electrons. The molecule has 1 amide bonds. The molecule has 2 N–H and O–H groups in total. The molecule has 0 bridgehead atoms. The smallest absolute Gasteiger partial charge is 0.229 e. The zero-order valence-corrected chi connectivity index (χ0v) is 10.5. The third-order valence-corrected chi connectivity index (χ3v) is 3.63. The monoisotopic (exact) mass is 228 g/mol. The van der Waals surface area contributed by atoms with E-state index in [2.05, 4.69) is 0 Å². The maximum absolute atomic E-state index is 12.3. The van der Waals surface area contributed by atoms with Crippen LogP contribution in [-0.2, 0) is 9.53 Å². The number of rotatable bonds is 5. The van der Waals surface area contributed by atoms with Crippen LogP contribution in [0.4, 0.5) is 0 Å². The second kappa shape index (κ2) is 6.21. The summed E-state index contributed by atoms with van der Waals surface area (Å²) >= 11 is 0. The standard InChI is InChI=1S/C12H24N2O2/c1-14(8-9-16-2)11(15)12(10-13)6-4-3-5-7-12/h3-10,13H2,1-2H3. The van der Waals surface area contributed by atoms with Gasteiger partial charge in [-0.15, -0.1) is 0 Å². The Hall–Kier alpha value is -0.610. The van der Waals surface area contributed by atoms with E-state index in [1.165, 1.54) is 6.42 Å². The van der Waals surface area contributed by atoms with Crippen LogP contribution in [0.5, 0.6) is 0 Å². The molecule has 0 spiro atoms. The highest BCUT2D eigenvalue weighted by Gasteiger charge is 2.39. The van der Waals surface area contributed by atoms with Crippen LogP contribution in [0, 0.1) is 5.41 Å². The molecular weight excluding hydrogens is 204 g/mol. The van der Waals surface area contributed by atoms with E-state index < -0.39 is 0 Å². The highest BCUT2D eigenvalue weighted by molar-refractivity contribution is 5.82. The molecule has 0 aromatic rings. The van der Waals surface area contributed by atoms with Crippen LogP contribution >= 0.6 is 0 Å². The highest BCUT2D eigenvalue weighted by Crippen LogP contribution is 2.36. The number of carbonyl (C=O) groups is 1. The van der Waals surface area contributed by atoms with Crippen LogP contribution in [0.2, 0.25) is 0 Å². The lowest BCUT2D eigenvalue weighted by Crippen LogP contribution is -2.48. The van der Waals surface area contributed by atoms with Gasteiger partial charge in [-0.2, -0.15) is 0 Å². The predicted octanol–water partition coefficient (Wildman–Crippen LogP) is 1.00. The van der Waals surface area contributed by atoms with Crippen LogP contribution in [0.25, 0.3) is 0 Å². The minimum absolute atomic E-state index is 0.201. The number of ether oxygens (including phenoxy) is 1. The summed E-state index contributed by atoms with van der Waals surface area (Å²) in [6, 6.07) is 0. The van der Waals surface area contributed by atoms with Gasteiger partial charge >= 0.3 is 0 Å². The van der Waals surface area contributed by atoms with Gasteiger partial charge in [-0.3, -0.25) is 4.79 Å². The summed E-state index contributed by atoms with van der Waals surface area (Å²) in [6.07, 6.45) is 5.37. The first-order valence-electron chi connectivity index (χ1n) is 6.11. The molecule has 4 heteroatoms. The van der Waals surface area contributed by atoms with Gasteiger partial charge in [0.2, 0.25) is 5.91 Å². The van der Waals surface area contributed by atoms with Crippen LogP contribution in [0.3, 0.4) is 0 Å². The van der Waals surface area contributed by atoms with Gasteiger partial charge in [-0.1, -0.05) is 19.3 Å². The second-order valence-corrected chi connectivity index (χ2v) is 4.76. The number of likely N-dealkylation sites (N-methyl/N-ethyl adjacent to an activating group) is 1. The topological polar surface area (TPSA) is 55.6 Å². The second-order valence-electron chi connectivity index (χ2n) is 4.76. The summed E-state index contributed by atoms with van der Waals surface area (Å²) in [6.45, 7) is 1.71. The molecule has 1 rings (SSSR count). The fourth-order valence-electron chi connectivity index (χ4n) is 2.47. The third kappa shape index (κ3) is 2.95. The van der Waals surface area contributed by atoms with Crippen molar-refractivity contribution in [2.45, 2.75) is 32.1 Å². The fraction of sp³-hybridized carbons (Fsp3) is 0.917. The van der Waals surface area contributed by atoms with Crippen molar-refractivity contribution in [3.05, 3.63) is 0 Å². The van der Waals surface area contributed by atoms with E-state index in [1.54, 1.807) is 12.0 Å². The fourth-order valence-corrected chi connectivity index (χ4v) is 2.47. The average molecular weight is 228 g/mol. The minimum Gasteiger partial charge on any atom is -0.383 e. The molecule has 0 saturated heterocycles. The summed E-state index contributed by atoms with van der Waals surface area (Å²) in [5.74, 6) is 0.201. The molecule has 0 radical (unpaired) electrons. The summed E-state index contributed by atoms with van der Waals surface area (Å²) in [5.41, 5.74) is 5.54. The zero-order chi connectivity index (χ0) is 12.0. The number of hydrogen-bond donors (Lipinski definition) is 1. The van der Waals surface area contributed by atoms with Gasteiger partial charge in [0.25, 0.3) is 0 Å². The third-order valence-electron chi connectivity index (χ3n) is 3.63. The van der Waals surface area contributed by atoms with Gasteiger partial charge in [0.05, 0.1) is 12.0 Å². The molecule has 0 aromatic carbocycles. The van der Waals surface area contributed by atoms with Crippen molar-refractivity contribution in [1.29, 1.82) is 0 Å². The normalized spacial score (nSPS) is 19.4. The largest absolute Gasteiger partial charge is 0.383 e. The molecule has 0 atom stereocenters. The van der Waals surface area contributed by atoms with Crippen LogP contribution in [-0.4, -0.2) is 44.7 Å². The molecule has 1 fully saturated rings. The Labute approximate surface area is 98.1 Å². The van der Waals surface area contributed by atoms with Crippen molar-refractivity contribution in [2.24, 2.45) is 11.1 Å². The molecule has 0 unspecified atom stereocenters. The van der Waals surface area contributed by atoms with Crippen LogP contribution in [0.15, 0.2) is 0 Å². The summed E-state index contributed by atoms with van der Waals surface area (Å²) in [4.78, 5) is 14.1. The first-order valence-corrected chi connectivity index (χ1v) is 6.11. The van der Waals surface area contributed by atoms with Gasteiger partial charge in [-0.25, -0.2) is 0 Å². The highest BCUT2D eigenvalue weighted by atomic mass is 16.5. The molecule has 4 nitrogen and oxygen atoms in total. The number of nitrogens with two attached hydrogens (primary N) is 1. The lowest BCUT2D eigenvalue weighted by molar-refractivity contribution is -0.142. The summed E-state index contributed by atoms with van der Waals surface area (Å²) in [7, 11) is 3.49. The Bertz CT molecular complexity index is 225. The molecule has 1 aliphatic carbocycles. The van der Waals surface area contributed by atoms with Crippen molar-refractivity contribution in [3.8, 4) is 0 Å². The van der Waals surface area contributed by atoms with Gasteiger partial charge in [-0.05, 0) is 12.8 Å². The Kier molecular flexibility index (Phi) is 5.22. The number of hydrogen-bond acceptors (Lipinski definition) is 3. The Morgan fingerprint density at radius 1 is 1.38 bits per heavy atom. The number of nitrogens with zero attached hydrogens (tertiary/aromatic N) is 1. The zero-order valence-electron chi connectivity index (χ0n) is 10.5. The SMILES string of the molecule is COCCN(C)C(=O)C1(CN)CCCCC1. The summed E-state index contributed by atoms with van der Waals surface area (Å²) < 4.78 is 4.99. The number of amides is 1. The first kappa shape index (κ1) is 13.5. The van der Waals surface area contributed by atoms with Crippen LogP contribution < -0.4 is 5.73 Å². The van der Waals surface area contributed by atoms with E-state index in [0.29, 0.717) is 19.7 Å². The lowest BCUT2D eigenvalue weighted by Gasteiger charge is -2.37. The molecular formula is C12H24N2O2. The molecule has 16 heavy (non-hydrogen) atoms. The van der Waals surface area contributed by atoms with Crippen molar-refractivity contribution in [2.75, 3.05) is 33.9 Å². The van der Waals surface area contributed by atoms with Crippen molar-refractivity contribution in [3.63, 3.8) is 0 Å². The van der Waals surface area contributed by atoms with Gasteiger partial charge < -0.3 is 15.4 Å². The molecule has 0 aromatic heterocycles. The van der Waals surface area contributed by atoms with E-state index >= 15 is 0 Å². The number of carbonyl (C=O) groups excluding carboxylic acids is 1. The molecule has 1 saturated carbocycles. The van der Waals surface area contributed by atoms with E-state index in [-0.39, 0.29) is 11.3 Å². The van der Waals surface area contributed by atoms with Gasteiger partial charge in [0.1, 0.15) is 0 Å². The maximum Gasteiger partial charge on any atom is 0.229 e. The molecule has 0 heterocycles. The predicted molar refractivity (Wildman–Crippen MR) is 64.1 cm³/mol. The maximum atomic E-state index is 12.3. The van der Waals surface area contributed by atoms with E-state index in [1.807, 2.05) is 7.05 Å². The van der Waals surface area contributed by atoms with Gasteiger partial charge in [0.15, 0.2) is 0 Å². The number of methoxy groups -OCH3 is 1. The minimum atomic E-state index is -0.291. The van der Waals surface area contributed by atoms with E-state index in [9.17, 15) is 4.79 Å². The van der Waals surface area contributed by atoms with E-state index in [4.69, 9.17) is 10.5 Å². The summed E-state index contributed by atoms with van der Waals surface area (Å²) in [5, 5.41) is 0.